The maximum absolute atomic E-state index is 12.3. The van der Waals surface area contributed by atoms with Crippen molar-refractivity contribution < 1.29 is 14.3 Å². The molecule has 1 unspecified atom stereocenters. The predicted molar refractivity (Wildman–Crippen MR) is 75.0 cm³/mol. The Morgan fingerprint density at radius 1 is 1.10 bits per heavy atom. The smallest absolute Gasteiger partial charge is 0.212 e. The Morgan fingerprint density at radius 2 is 1.80 bits per heavy atom. The van der Waals surface area contributed by atoms with Crippen molar-refractivity contribution in [1.29, 1.82) is 0 Å². The maximum atomic E-state index is 12.3. The molecule has 0 fully saturated rings. The molecular weight excluding hydrogens is 256 g/mol. The van der Waals surface area contributed by atoms with Crippen molar-refractivity contribution in [2.75, 3.05) is 14.2 Å². The average Bonchev–Trinajstić information content (AvgIpc) is 2.53. The molecule has 2 rings (SSSR count). The van der Waals surface area contributed by atoms with E-state index in [0.29, 0.717) is 11.4 Å². The van der Waals surface area contributed by atoms with Crippen LogP contribution < -0.4 is 15.2 Å². The third-order valence-electron chi connectivity index (χ3n) is 2.99. The highest BCUT2D eigenvalue weighted by Crippen LogP contribution is 2.20. The van der Waals surface area contributed by atoms with Crippen molar-refractivity contribution in [2.24, 2.45) is 5.73 Å². The summed E-state index contributed by atoms with van der Waals surface area (Å²) < 4.78 is 10.0. The lowest BCUT2D eigenvalue weighted by atomic mass is 9.99. The van der Waals surface area contributed by atoms with E-state index >= 15 is 0 Å². The van der Waals surface area contributed by atoms with Gasteiger partial charge in [0.25, 0.3) is 0 Å². The molecule has 1 aromatic heterocycles. The first-order chi connectivity index (χ1) is 9.65. The number of hydrogen-bond donors (Lipinski definition) is 1. The summed E-state index contributed by atoms with van der Waals surface area (Å²) in [7, 11) is 3.11. The quantitative estimate of drug-likeness (QED) is 0.842. The van der Waals surface area contributed by atoms with E-state index in [4.69, 9.17) is 15.2 Å². The number of carbonyl (C=O) groups is 1. The molecule has 0 aliphatic rings. The maximum Gasteiger partial charge on any atom is 0.212 e. The van der Waals surface area contributed by atoms with Crippen molar-refractivity contribution in [3.63, 3.8) is 0 Å². The number of rotatable bonds is 5. The number of carbonyl (C=O) groups excluding carboxylic acids is 1. The molecular formula is C15H16N2O3. The van der Waals surface area contributed by atoms with E-state index in [-0.39, 0.29) is 5.78 Å². The summed E-state index contributed by atoms with van der Waals surface area (Å²) in [5.41, 5.74) is 7.16. The summed E-state index contributed by atoms with van der Waals surface area (Å²) in [6.45, 7) is 0. The van der Waals surface area contributed by atoms with Gasteiger partial charge in [0, 0.05) is 17.8 Å². The van der Waals surface area contributed by atoms with E-state index in [2.05, 4.69) is 4.98 Å². The normalized spacial score (nSPS) is 11.8. The molecule has 5 nitrogen and oxygen atoms in total. The molecule has 5 heteroatoms. The van der Waals surface area contributed by atoms with Gasteiger partial charge < -0.3 is 15.2 Å². The highest BCUT2D eigenvalue weighted by molar-refractivity contribution is 6.00. The highest BCUT2D eigenvalue weighted by atomic mass is 16.5. The first kappa shape index (κ1) is 14.0. The number of ketones is 1. The second-order valence-corrected chi connectivity index (χ2v) is 4.20. The van der Waals surface area contributed by atoms with E-state index < -0.39 is 6.04 Å². The molecule has 0 saturated heterocycles. The van der Waals surface area contributed by atoms with Crippen LogP contribution in [-0.2, 0) is 0 Å². The van der Waals surface area contributed by atoms with Gasteiger partial charge in [-0.2, -0.15) is 0 Å². The van der Waals surface area contributed by atoms with E-state index in [0.717, 1.165) is 11.3 Å². The third kappa shape index (κ3) is 2.95. The van der Waals surface area contributed by atoms with Gasteiger partial charge in [0.05, 0.1) is 20.3 Å². The zero-order valence-electron chi connectivity index (χ0n) is 11.4. The lowest BCUT2D eigenvalue weighted by Crippen LogP contribution is -2.21. The van der Waals surface area contributed by atoms with Crippen LogP contribution in [0, 0.1) is 0 Å². The van der Waals surface area contributed by atoms with Crippen molar-refractivity contribution in [1.82, 2.24) is 4.98 Å². The summed E-state index contributed by atoms with van der Waals surface area (Å²) in [6, 6.07) is 9.65. The number of nitrogens with zero attached hydrogens (tertiary/aromatic N) is 1. The van der Waals surface area contributed by atoms with E-state index in [9.17, 15) is 4.79 Å². The van der Waals surface area contributed by atoms with Crippen LogP contribution in [-0.4, -0.2) is 25.0 Å². The van der Waals surface area contributed by atoms with Crippen molar-refractivity contribution in [3.05, 3.63) is 53.7 Å². The fourth-order valence-corrected chi connectivity index (χ4v) is 1.79. The van der Waals surface area contributed by atoms with Gasteiger partial charge in [-0.25, -0.2) is 4.98 Å². The van der Waals surface area contributed by atoms with Gasteiger partial charge in [-0.15, -0.1) is 0 Å². The Kier molecular flexibility index (Phi) is 4.32. The summed E-state index contributed by atoms with van der Waals surface area (Å²) in [5.74, 6) is 0.990. The first-order valence-electron chi connectivity index (χ1n) is 6.09. The fourth-order valence-electron chi connectivity index (χ4n) is 1.79. The Labute approximate surface area is 117 Å². The van der Waals surface area contributed by atoms with Crippen molar-refractivity contribution in [3.8, 4) is 11.6 Å². The van der Waals surface area contributed by atoms with E-state index in [1.54, 1.807) is 43.5 Å². The standard InChI is InChI=1S/C15H16N2O3/c1-19-12-6-3-10(4-7-12)14(16)15(18)11-5-8-13(20-2)17-9-11/h3-9,14H,16H2,1-2H3. The van der Waals surface area contributed by atoms with Crippen LogP contribution in [0.25, 0.3) is 0 Å². The first-order valence-corrected chi connectivity index (χ1v) is 6.09. The summed E-state index contributed by atoms with van der Waals surface area (Å²) in [5, 5.41) is 0. The Bertz CT molecular complexity index is 579. The Morgan fingerprint density at radius 3 is 2.30 bits per heavy atom. The molecule has 104 valence electrons. The van der Waals surface area contributed by atoms with Gasteiger partial charge in [0.15, 0.2) is 5.78 Å². The number of Topliss-reactive ketones (excluding diaryl/α,β-unsaturated/α-hetero) is 1. The number of ether oxygens (including phenoxy) is 2. The van der Waals surface area contributed by atoms with Crippen LogP contribution in [0.3, 0.4) is 0 Å². The van der Waals surface area contributed by atoms with E-state index in [1.165, 1.54) is 13.3 Å². The van der Waals surface area contributed by atoms with Gasteiger partial charge in [-0.1, -0.05) is 12.1 Å². The largest absolute Gasteiger partial charge is 0.497 e. The van der Waals surface area contributed by atoms with Crippen molar-refractivity contribution >= 4 is 5.78 Å². The number of aromatic nitrogens is 1. The molecule has 0 aliphatic heterocycles. The predicted octanol–water partition coefficient (Wildman–Crippen LogP) is 1.98. The minimum atomic E-state index is -0.726. The van der Waals surface area contributed by atoms with Crippen LogP contribution in [0.4, 0.5) is 0 Å². The molecule has 2 N–H and O–H groups in total. The summed E-state index contributed by atoms with van der Waals surface area (Å²) >= 11 is 0. The van der Waals surface area contributed by atoms with Crippen LogP contribution in [0.5, 0.6) is 11.6 Å². The zero-order valence-corrected chi connectivity index (χ0v) is 11.4. The van der Waals surface area contributed by atoms with Gasteiger partial charge in [0.1, 0.15) is 5.75 Å². The molecule has 1 heterocycles. The molecule has 20 heavy (non-hydrogen) atoms. The van der Waals surface area contributed by atoms with Gasteiger partial charge >= 0.3 is 0 Å². The summed E-state index contributed by atoms with van der Waals surface area (Å²) in [4.78, 5) is 16.3. The molecule has 2 aromatic rings. The minimum absolute atomic E-state index is 0.190. The SMILES string of the molecule is COc1ccc(C(N)C(=O)c2ccc(OC)nc2)cc1. The average molecular weight is 272 g/mol. The Hall–Kier alpha value is -2.40. The highest BCUT2D eigenvalue weighted by Gasteiger charge is 2.18. The van der Waals surface area contributed by atoms with Gasteiger partial charge in [-0.3, -0.25) is 4.79 Å². The number of hydrogen-bond acceptors (Lipinski definition) is 5. The van der Waals surface area contributed by atoms with Crippen LogP contribution in [0.2, 0.25) is 0 Å². The monoisotopic (exact) mass is 272 g/mol. The van der Waals surface area contributed by atoms with Crippen LogP contribution in [0.1, 0.15) is 22.0 Å². The molecule has 0 radical (unpaired) electrons. The lowest BCUT2D eigenvalue weighted by Gasteiger charge is -2.11. The fraction of sp³-hybridized carbons (Fsp3) is 0.200. The van der Waals surface area contributed by atoms with Gasteiger partial charge in [0.2, 0.25) is 5.88 Å². The molecule has 0 amide bonds. The summed E-state index contributed by atoms with van der Waals surface area (Å²) in [6.07, 6.45) is 1.46. The third-order valence-corrected chi connectivity index (χ3v) is 2.99. The van der Waals surface area contributed by atoms with Crippen LogP contribution >= 0.6 is 0 Å². The molecule has 1 atom stereocenters. The minimum Gasteiger partial charge on any atom is -0.497 e. The van der Waals surface area contributed by atoms with E-state index in [1.807, 2.05) is 0 Å². The van der Waals surface area contributed by atoms with Gasteiger partial charge in [-0.05, 0) is 23.8 Å². The number of nitrogens with two attached hydrogens (primary N) is 1. The van der Waals surface area contributed by atoms with Crippen LogP contribution in [0.15, 0.2) is 42.6 Å². The van der Waals surface area contributed by atoms with Crippen molar-refractivity contribution in [2.45, 2.75) is 6.04 Å². The number of methoxy groups -OCH3 is 2. The Balaban J connectivity index is 2.17. The lowest BCUT2D eigenvalue weighted by molar-refractivity contribution is 0.0961. The molecule has 0 aliphatic carbocycles. The second-order valence-electron chi connectivity index (χ2n) is 4.20. The number of pyridine rings is 1. The second kappa shape index (κ2) is 6.16. The number of benzene rings is 1. The molecule has 0 saturated carbocycles. The zero-order chi connectivity index (χ0) is 14.5. The topological polar surface area (TPSA) is 74.4 Å². The molecule has 1 aromatic carbocycles. The molecule has 0 spiro atoms. The molecule has 0 bridgehead atoms.